The molecule has 0 aliphatic rings. The van der Waals surface area contributed by atoms with Crippen molar-refractivity contribution in [3.05, 3.63) is 35.4 Å². The van der Waals surface area contributed by atoms with Gasteiger partial charge in [0.2, 0.25) is 8.32 Å². The quantitative estimate of drug-likeness (QED) is 0.401. The molecule has 0 atom stereocenters. The van der Waals surface area contributed by atoms with Crippen molar-refractivity contribution in [3.63, 3.8) is 0 Å². The van der Waals surface area contributed by atoms with Crippen molar-refractivity contribution in [3.8, 4) is 0 Å². The zero-order valence-corrected chi connectivity index (χ0v) is 17.9. The third kappa shape index (κ3) is 10.4. The molecular formula is C21H35NO3Si. The van der Waals surface area contributed by atoms with E-state index < -0.39 is 8.32 Å². The highest BCUT2D eigenvalue weighted by molar-refractivity contribution is 6.71. The summed E-state index contributed by atoms with van der Waals surface area (Å²) in [5, 5.41) is 2.99. The van der Waals surface area contributed by atoms with Crippen molar-refractivity contribution < 1.29 is 14.0 Å². The summed E-state index contributed by atoms with van der Waals surface area (Å²) in [5.41, 5.74) is 1.78. The van der Waals surface area contributed by atoms with Gasteiger partial charge in [-0.2, -0.15) is 0 Å². The fraction of sp³-hybridized carbons (Fsp3) is 0.619. The molecule has 0 heterocycles. The van der Waals surface area contributed by atoms with Crippen LogP contribution < -0.4 is 5.32 Å². The van der Waals surface area contributed by atoms with Gasteiger partial charge in [0.25, 0.3) is 11.9 Å². The largest absolute Gasteiger partial charge is 0.520 e. The topological polar surface area (TPSA) is 55.4 Å². The molecule has 1 rings (SSSR count). The molecule has 0 aromatic heterocycles. The molecule has 0 bridgehead atoms. The van der Waals surface area contributed by atoms with Gasteiger partial charge in [0.05, 0.1) is 0 Å². The summed E-state index contributed by atoms with van der Waals surface area (Å²) in [4.78, 5) is 23.7. The highest BCUT2D eigenvalue weighted by atomic mass is 28.4. The predicted molar refractivity (Wildman–Crippen MR) is 110 cm³/mol. The van der Waals surface area contributed by atoms with E-state index >= 15 is 0 Å². The van der Waals surface area contributed by atoms with E-state index in [1.807, 2.05) is 50.8 Å². The summed E-state index contributed by atoms with van der Waals surface area (Å²) in [6.07, 6.45) is 8.24. The summed E-state index contributed by atoms with van der Waals surface area (Å²) in [7, 11) is -1.73. The number of hydrogen-bond acceptors (Lipinski definition) is 3. The number of benzene rings is 1. The lowest BCUT2D eigenvalue weighted by molar-refractivity contribution is -0.135. The standard InChI is InChI=1S/C21H35NO3Si/c1-18-14-11-12-15-19(18)21(24)22-17-13-9-7-5-6-8-10-16-20(23)25-26(2,3)4/h11-12,14-15H,5-10,13,16-17H2,1-4H3,(H,22,24). The molecule has 0 radical (unpaired) electrons. The van der Waals surface area contributed by atoms with Crippen LogP contribution in [0.15, 0.2) is 24.3 Å². The van der Waals surface area contributed by atoms with Crippen LogP contribution in [0, 0.1) is 6.92 Å². The Hall–Kier alpha value is -1.62. The second-order valence-corrected chi connectivity index (χ2v) is 12.3. The van der Waals surface area contributed by atoms with Crippen molar-refractivity contribution in [1.29, 1.82) is 0 Å². The van der Waals surface area contributed by atoms with E-state index in [4.69, 9.17) is 4.43 Å². The Labute approximate surface area is 159 Å². The van der Waals surface area contributed by atoms with E-state index in [0.717, 1.165) is 49.8 Å². The van der Waals surface area contributed by atoms with Gasteiger partial charge in [0, 0.05) is 18.5 Å². The molecule has 0 aliphatic carbocycles. The van der Waals surface area contributed by atoms with Gasteiger partial charge in [-0.05, 0) is 51.0 Å². The fourth-order valence-corrected chi connectivity index (χ4v) is 3.58. The van der Waals surface area contributed by atoms with Crippen molar-refractivity contribution in [2.75, 3.05) is 6.54 Å². The number of unbranched alkanes of at least 4 members (excludes halogenated alkanes) is 6. The Morgan fingerprint density at radius 1 is 0.923 bits per heavy atom. The Bertz CT molecular complexity index is 567. The molecule has 0 fully saturated rings. The minimum Gasteiger partial charge on any atom is -0.520 e. The van der Waals surface area contributed by atoms with Crippen LogP contribution in [0.5, 0.6) is 0 Å². The van der Waals surface area contributed by atoms with Gasteiger partial charge >= 0.3 is 0 Å². The summed E-state index contributed by atoms with van der Waals surface area (Å²) in [6.45, 7) is 8.80. The first kappa shape index (κ1) is 22.4. The van der Waals surface area contributed by atoms with E-state index in [-0.39, 0.29) is 11.9 Å². The van der Waals surface area contributed by atoms with E-state index in [2.05, 4.69) is 5.32 Å². The Balaban J connectivity index is 1.96. The van der Waals surface area contributed by atoms with Crippen molar-refractivity contribution in [2.24, 2.45) is 0 Å². The zero-order chi connectivity index (χ0) is 19.4. The second-order valence-electron chi connectivity index (χ2n) is 7.88. The van der Waals surface area contributed by atoms with Gasteiger partial charge in [0.1, 0.15) is 0 Å². The Morgan fingerprint density at radius 2 is 1.50 bits per heavy atom. The number of nitrogens with one attached hydrogen (secondary N) is 1. The van der Waals surface area contributed by atoms with Crippen LogP contribution in [0.2, 0.25) is 19.6 Å². The molecule has 1 N–H and O–H groups in total. The lowest BCUT2D eigenvalue weighted by Gasteiger charge is -2.17. The normalized spacial score (nSPS) is 11.2. The lowest BCUT2D eigenvalue weighted by Crippen LogP contribution is -2.28. The lowest BCUT2D eigenvalue weighted by atomic mass is 10.1. The van der Waals surface area contributed by atoms with Crippen molar-refractivity contribution >= 4 is 20.2 Å². The summed E-state index contributed by atoms with van der Waals surface area (Å²) >= 11 is 0. The molecule has 5 heteroatoms. The van der Waals surface area contributed by atoms with E-state index in [9.17, 15) is 9.59 Å². The van der Waals surface area contributed by atoms with Gasteiger partial charge in [0.15, 0.2) is 0 Å². The Morgan fingerprint density at radius 3 is 2.12 bits per heavy atom. The van der Waals surface area contributed by atoms with E-state index in [1.54, 1.807) is 0 Å². The van der Waals surface area contributed by atoms with Crippen LogP contribution in [0.25, 0.3) is 0 Å². The molecule has 146 valence electrons. The highest BCUT2D eigenvalue weighted by Gasteiger charge is 2.19. The molecule has 0 unspecified atom stereocenters. The second kappa shape index (κ2) is 11.9. The molecule has 1 aromatic rings. The average molecular weight is 378 g/mol. The molecule has 0 spiro atoms. The average Bonchev–Trinajstić information content (AvgIpc) is 2.55. The van der Waals surface area contributed by atoms with E-state index in [0.29, 0.717) is 6.42 Å². The maximum atomic E-state index is 12.1. The molecule has 0 saturated carbocycles. The SMILES string of the molecule is Cc1ccccc1C(=O)NCCCCCCCCCC(=O)O[Si](C)(C)C. The molecule has 1 amide bonds. The van der Waals surface area contributed by atoms with Crippen LogP contribution >= 0.6 is 0 Å². The minimum absolute atomic E-state index is 0.0216. The summed E-state index contributed by atoms with van der Waals surface area (Å²) in [6, 6.07) is 7.66. The zero-order valence-electron chi connectivity index (χ0n) is 16.9. The predicted octanol–water partition coefficient (Wildman–Crippen LogP) is 5.22. The first-order chi connectivity index (χ1) is 12.3. The molecule has 0 saturated heterocycles. The molecule has 1 aromatic carbocycles. The first-order valence-corrected chi connectivity index (χ1v) is 13.3. The Kier molecular flexibility index (Phi) is 10.3. The molecular weight excluding hydrogens is 342 g/mol. The van der Waals surface area contributed by atoms with Gasteiger partial charge in [-0.15, -0.1) is 0 Å². The van der Waals surface area contributed by atoms with Crippen molar-refractivity contribution in [1.82, 2.24) is 5.32 Å². The van der Waals surface area contributed by atoms with Crippen LogP contribution in [-0.2, 0) is 9.22 Å². The third-order valence-corrected chi connectivity index (χ3v) is 4.99. The van der Waals surface area contributed by atoms with Crippen LogP contribution in [0.3, 0.4) is 0 Å². The van der Waals surface area contributed by atoms with Crippen LogP contribution in [-0.4, -0.2) is 26.7 Å². The maximum absolute atomic E-state index is 12.1. The molecule has 26 heavy (non-hydrogen) atoms. The van der Waals surface area contributed by atoms with Gasteiger partial charge in [-0.25, -0.2) is 0 Å². The van der Waals surface area contributed by atoms with Crippen LogP contribution in [0.1, 0.15) is 67.3 Å². The number of aryl methyl sites for hydroxylation is 1. The first-order valence-electron chi connectivity index (χ1n) is 9.85. The van der Waals surface area contributed by atoms with Gasteiger partial charge in [-0.3, -0.25) is 9.59 Å². The molecule has 0 aliphatic heterocycles. The van der Waals surface area contributed by atoms with Gasteiger partial charge in [-0.1, -0.05) is 50.3 Å². The smallest absolute Gasteiger partial charge is 0.292 e. The third-order valence-electron chi connectivity index (χ3n) is 4.15. The maximum Gasteiger partial charge on any atom is 0.292 e. The van der Waals surface area contributed by atoms with E-state index in [1.165, 1.54) is 12.8 Å². The summed E-state index contributed by atoms with van der Waals surface area (Å²) < 4.78 is 5.43. The highest BCUT2D eigenvalue weighted by Crippen LogP contribution is 2.11. The van der Waals surface area contributed by atoms with Crippen molar-refractivity contribution in [2.45, 2.75) is 77.9 Å². The molecule has 4 nitrogen and oxygen atoms in total. The summed E-state index contributed by atoms with van der Waals surface area (Å²) in [5.74, 6) is -0.0122. The monoisotopic (exact) mass is 377 g/mol. The number of carbonyl (C=O) groups is 2. The number of amides is 1. The van der Waals surface area contributed by atoms with Gasteiger partial charge < -0.3 is 9.74 Å². The minimum atomic E-state index is -1.73. The fourth-order valence-electron chi connectivity index (χ4n) is 2.80. The van der Waals surface area contributed by atoms with Crippen LogP contribution in [0.4, 0.5) is 0 Å². The number of hydrogen-bond donors (Lipinski definition) is 1. The number of carbonyl (C=O) groups excluding carboxylic acids is 2. The number of rotatable bonds is 12.